The number of anilines is 1. The summed E-state index contributed by atoms with van der Waals surface area (Å²) in [6, 6.07) is 13.1. The normalized spacial score (nSPS) is 10.5. The molecule has 2 heterocycles. The molecule has 0 fully saturated rings. The van der Waals surface area contributed by atoms with E-state index in [9.17, 15) is 8.78 Å². The van der Waals surface area contributed by atoms with Gasteiger partial charge in [-0.05, 0) is 48.9 Å². The number of aryl methyl sites for hydroxylation is 1. The lowest BCUT2D eigenvalue weighted by Gasteiger charge is -2.11. The maximum absolute atomic E-state index is 13.3. The third-order valence-corrected chi connectivity index (χ3v) is 4.59. The Morgan fingerprint density at radius 1 is 1.00 bits per heavy atom. The van der Waals surface area contributed by atoms with Gasteiger partial charge in [0.2, 0.25) is 0 Å². The zero-order valence-corrected chi connectivity index (χ0v) is 17.7. The van der Waals surface area contributed by atoms with Gasteiger partial charge in [-0.15, -0.1) is 22.6 Å². The minimum Gasteiger partial charge on any atom is -0.495 e. The van der Waals surface area contributed by atoms with E-state index in [4.69, 9.17) is 4.74 Å². The van der Waals surface area contributed by atoms with Crippen LogP contribution in [-0.2, 0) is 6.54 Å². The maximum atomic E-state index is 13.3. The van der Waals surface area contributed by atoms with E-state index in [0.717, 1.165) is 29.1 Å². The average Bonchev–Trinajstić information content (AvgIpc) is 3.20. The monoisotopic (exact) mass is 443 g/mol. The second kappa shape index (κ2) is 9.53. The van der Waals surface area contributed by atoms with Crippen LogP contribution in [0, 0.1) is 18.6 Å². The molecule has 1 N–H and O–H groups in total. The van der Waals surface area contributed by atoms with Crippen LogP contribution in [-0.4, -0.2) is 26.9 Å². The van der Waals surface area contributed by atoms with Gasteiger partial charge in [0.25, 0.3) is 0 Å². The van der Waals surface area contributed by atoms with E-state index >= 15 is 0 Å². The van der Waals surface area contributed by atoms with Crippen LogP contribution in [0.5, 0.6) is 5.75 Å². The van der Waals surface area contributed by atoms with Gasteiger partial charge in [0.1, 0.15) is 11.6 Å². The molecule has 31 heavy (non-hydrogen) atoms. The zero-order valence-electron chi connectivity index (χ0n) is 16.8. The molecule has 2 aromatic carbocycles. The minimum absolute atomic E-state index is 0. The quantitative estimate of drug-likeness (QED) is 0.456. The van der Waals surface area contributed by atoms with Gasteiger partial charge >= 0.3 is 0 Å². The van der Waals surface area contributed by atoms with Gasteiger partial charge in [0.15, 0.2) is 11.6 Å². The summed E-state index contributed by atoms with van der Waals surface area (Å²) in [5.41, 5.74) is 3.93. The SMILES string of the molecule is COc1cc(-c2ccc(NCc3ccc(F)c(F)c3)nn2)ccc1-n1cnc(C)c1.Cl. The van der Waals surface area contributed by atoms with Gasteiger partial charge in [-0.25, -0.2) is 13.8 Å². The van der Waals surface area contributed by atoms with Gasteiger partial charge in [0.05, 0.1) is 30.5 Å². The number of nitrogens with zero attached hydrogens (tertiary/aromatic N) is 4. The van der Waals surface area contributed by atoms with Crippen molar-refractivity contribution in [2.75, 3.05) is 12.4 Å². The molecule has 0 spiro atoms. The number of benzene rings is 2. The molecule has 160 valence electrons. The Morgan fingerprint density at radius 2 is 1.84 bits per heavy atom. The van der Waals surface area contributed by atoms with Gasteiger partial charge in [-0.3, -0.25) is 0 Å². The van der Waals surface area contributed by atoms with E-state index in [-0.39, 0.29) is 12.4 Å². The number of nitrogens with one attached hydrogen (secondary N) is 1. The van der Waals surface area contributed by atoms with Crippen molar-refractivity contribution in [3.8, 4) is 22.7 Å². The van der Waals surface area contributed by atoms with E-state index in [2.05, 4.69) is 20.5 Å². The van der Waals surface area contributed by atoms with Crippen molar-refractivity contribution >= 4 is 18.2 Å². The van der Waals surface area contributed by atoms with Crippen LogP contribution in [0.1, 0.15) is 11.3 Å². The summed E-state index contributed by atoms with van der Waals surface area (Å²) in [5, 5.41) is 11.5. The summed E-state index contributed by atoms with van der Waals surface area (Å²) < 4.78 is 33.7. The topological polar surface area (TPSA) is 64.9 Å². The van der Waals surface area contributed by atoms with Crippen molar-refractivity contribution in [3.05, 3.63) is 83.9 Å². The van der Waals surface area contributed by atoms with Crippen LogP contribution >= 0.6 is 12.4 Å². The van der Waals surface area contributed by atoms with Crippen LogP contribution in [0.25, 0.3) is 16.9 Å². The van der Waals surface area contributed by atoms with Crippen molar-refractivity contribution in [2.24, 2.45) is 0 Å². The van der Waals surface area contributed by atoms with Gasteiger partial charge in [-0.1, -0.05) is 12.1 Å². The summed E-state index contributed by atoms with van der Waals surface area (Å²) in [6.07, 6.45) is 3.66. The Balaban J connectivity index is 0.00000272. The third-order valence-electron chi connectivity index (χ3n) is 4.59. The number of hydrogen-bond acceptors (Lipinski definition) is 5. The number of methoxy groups -OCH3 is 1. The van der Waals surface area contributed by atoms with Crippen LogP contribution in [0.15, 0.2) is 61.1 Å². The summed E-state index contributed by atoms with van der Waals surface area (Å²) in [7, 11) is 1.61. The predicted molar refractivity (Wildman–Crippen MR) is 117 cm³/mol. The van der Waals surface area contributed by atoms with E-state index in [1.807, 2.05) is 42.0 Å². The molecule has 0 bridgehead atoms. The highest BCUT2D eigenvalue weighted by atomic mass is 35.5. The number of halogens is 3. The Morgan fingerprint density at radius 3 is 2.48 bits per heavy atom. The average molecular weight is 444 g/mol. The number of aromatic nitrogens is 4. The molecular weight excluding hydrogens is 424 g/mol. The first-order valence-electron chi connectivity index (χ1n) is 9.24. The first-order valence-corrected chi connectivity index (χ1v) is 9.24. The summed E-state index contributed by atoms with van der Waals surface area (Å²) in [5.74, 6) is -0.528. The molecule has 9 heteroatoms. The lowest BCUT2D eigenvalue weighted by atomic mass is 10.1. The van der Waals surface area contributed by atoms with Gasteiger partial charge in [-0.2, -0.15) is 0 Å². The molecule has 0 amide bonds. The summed E-state index contributed by atoms with van der Waals surface area (Å²) >= 11 is 0. The van der Waals surface area contributed by atoms with Crippen molar-refractivity contribution in [3.63, 3.8) is 0 Å². The number of imidazole rings is 1. The molecule has 2 aromatic heterocycles. The van der Waals surface area contributed by atoms with Crippen LogP contribution in [0.2, 0.25) is 0 Å². The highest BCUT2D eigenvalue weighted by molar-refractivity contribution is 5.85. The third kappa shape index (κ3) is 4.97. The minimum atomic E-state index is -0.876. The molecule has 0 aliphatic rings. The maximum Gasteiger partial charge on any atom is 0.159 e. The number of hydrogen-bond donors (Lipinski definition) is 1. The molecule has 6 nitrogen and oxygen atoms in total. The number of rotatable bonds is 6. The standard InChI is InChI=1S/C22H19F2N5O.ClH/c1-14-12-29(13-26-14)20-7-4-16(10-21(20)30-2)19-6-8-22(28-27-19)25-11-15-3-5-17(23)18(24)9-15;/h3-10,12-13H,11H2,1-2H3,(H,25,28);1H. The Labute approximate surface area is 184 Å². The lowest BCUT2D eigenvalue weighted by molar-refractivity contribution is 0.413. The summed E-state index contributed by atoms with van der Waals surface area (Å²) in [6.45, 7) is 2.23. The highest BCUT2D eigenvalue weighted by Gasteiger charge is 2.10. The molecule has 0 aliphatic heterocycles. The molecule has 0 atom stereocenters. The molecule has 4 aromatic rings. The molecule has 0 aliphatic carbocycles. The molecule has 0 saturated heterocycles. The van der Waals surface area contributed by atoms with Crippen molar-refractivity contribution < 1.29 is 13.5 Å². The fourth-order valence-electron chi connectivity index (χ4n) is 3.03. The fourth-order valence-corrected chi connectivity index (χ4v) is 3.03. The molecular formula is C22H20ClF2N5O. The molecule has 0 unspecified atom stereocenters. The Hall–Kier alpha value is -3.52. The fraction of sp³-hybridized carbons (Fsp3) is 0.136. The van der Waals surface area contributed by atoms with E-state index in [1.165, 1.54) is 6.07 Å². The summed E-state index contributed by atoms with van der Waals surface area (Å²) in [4.78, 5) is 4.25. The zero-order chi connectivity index (χ0) is 21.1. The Bertz CT molecular complexity index is 1180. The van der Waals surface area contributed by atoms with Crippen molar-refractivity contribution in [1.82, 2.24) is 19.7 Å². The molecule has 4 rings (SSSR count). The number of ether oxygens (including phenoxy) is 1. The van der Waals surface area contributed by atoms with E-state index in [0.29, 0.717) is 29.4 Å². The smallest absolute Gasteiger partial charge is 0.159 e. The van der Waals surface area contributed by atoms with Crippen LogP contribution in [0.4, 0.5) is 14.6 Å². The van der Waals surface area contributed by atoms with Gasteiger partial charge < -0.3 is 14.6 Å². The first-order chi connectivity index (χ1) is 14.5. The van der Waals surface area contributed by atoms with Crippen molar-refractivity contribution in [1.29, 1.82) is 0 Å². The first kappa shape index (κ1) is 22.2. The van der Waals surface area contributed by atoms with Gasteiger partial charge in [0, 0.05) is 18.3 Å². The van der Waals surface area contributed by atoms with Crippen LogP contribution < -0.4 is 10.1 Å². The molecule has 0 radical (unpaired) electrons. The highest BCUT2D eigenvalue weighted by Crippen LogP contribution is 2.29. The van der Waals surface area contributed by atoms with E-state index < -0.39 is 11.6 Å². The Kier molecular flexibility index (Phi) is 6.81. The molecule has 0 saturated carbocycles. The van der Waals surface area contributed by atoms with E-state index in [1.54, 1.807) is 19.5 Å². The lowest BCUT2D eigenvalue weighted by Crippen LogP contribution is -2.03. The largest absolute Gasteiger partial charge is 0.495 e. The predicted octanol–water partition coefficient (Wildman–Crippen LogP) is 4.96. The van der Waals surface area contributed by atoms with Crippen molar-refractivity contribution in [2.45, 2.75) is 13.5 Å². The second-order valence-corrected chi connectivity index (χ2v) is 6.71. The van der Waals surface area contributed by atoms with Crippen LogP contribution in [0.3, 0.4) is 0 Å². The second-order valence-electron chi connectivity index (χ2n) is 6.71.